The van der Waals surface area contributed by atoms with Gasteiger partial charge < -0.3 is 4.74 Å². The Balaban J connectivity index is 2.56. The Hall–Kier alpha value is -1.28. The summed E-state index contributed by atoms with van der Waals surface area (Å²) in [5, 5.41) is 0. The molecule has 2 nitrogen and oxygen atoms in total. The van der Waals surface area contributed by atoms with Gasteiger partial charge in [-0.3, -0.25) is 0 Å². The summed E-state index contributed by atoms with van der Waals surface area (Å²) in [6.45, 7) is 3.54. The van der Waals surface area contributed by atoms with Gasteiger partial charge in [0.05, 0.1) is 5.88 Å². The molecule has 0 aromatic heterocycles. The van der Waals surface area contributed by atoms with Crippen molar-refractivity contribution < 1.29 is 9.53 Å². The third kappa shape index (κ3) is 4.49. The van der Waals surface area contributed by atoms with Crippen LogP contribution in [0.5, 0.6) is 0 Å². The lowest BCUT2D eigenvalue weighted by atomic mass is 10.2. The number of esters is 1. The Morgan fingerprint density at radius 2 is 2.00 bits per heavy atom. The number of hydrogen-bond donors (Lipinski definition) is 0. The second-order valence-corrected chi connectivity index (χ2v) is 4.33. The van der Waals surface area contributed by atoms with Gasteiger partial charge in [-0.15, -0.1) is 11.6 Å². The second-order valence-electron chi connectivity index (χ2n) is 4.06. The summed E-state index contributed by atoms with van der Waals surface area (Å²) in [5.74, 6) is -0.104. The van der Waals surface area contributed by atoms with E-state index in [0.29, 0.717) is 0 Å². The Morgan fingerprint density at radius 1 is 1.38 bits per heavy atom. The highest BCUT2D eigenvalue weighted by Crippen LogP contribution is 2.12. The average Bonchev–Trinajstić information content (AvgIpc) is 2.27. The number of hydrogen-bond acceptors (Lipinski definition) is 2. The molecule has 1 aromatic rings. The molecule has 0 fully saturated rings. The predicted octanol–water partition coefficient (Wildman–Crippen LogP) is 3.26. The molecule has 0 aliphatic heterocycles. The lowest BCUT2D eigenvalue weighted by Gasteiger charge is -2.20. The van der Waals surface area contributed by atoms with Gasteiger partial charge in [-0.2, -0.15) is 0 Å². The minimum Gasteiger partial charge on any atom is -0.455 e. The summed E-state index contributed by atoms with van der Waals surface area (Å²) in [5.41, 5.74) is 0.336. The van der Waals surface area contributed by atoms with Crippen molar-refractivity contribution in [2.45, 2.75) is 19.4 Å². The van der Waals surface area contributed by atoms with Gasteiger partial charge in [-0.25, -0.2) is 4.79 Å². The molecular formula is C13H15ClO2. The van der Waals surface area contributed by atoms with Crippen LogP contribution in [0.1, 0.15) is 19.4 Å². The van der Waals surface area contributed by atoms with Crippen LogP contribution in [0.25, 0.3) is 6.08 Å². The van der Waals surface area contributed by atoms with E-state index in [4.69, 9.17) is 16.3 Å². The fraction of sp³-hybridized carbons (Fsp3) is 0.308. The van der Waals surface area contributed by atoms with Crippen molar-refractivity contribution in [2.24, 2.45) is 0 Å². The zero-order valence-corrected chi connectivity index (χ0v) is 10.2. The smallest absolute Gasteiger partial charge is 0.331 e. The molecule has 1 rings (SSSR count). The van der Waals surface area contributed by atoms with Crippen LogP contribution >= 0.6 is 11.6 Å². The Morgan fingerprint density at radius 3 is 2.56 bits per heavy atom. The van der Waals surface area contributed by atoms with Crippen LogP contribution in [0.2, 0.25) is 0 Å². The van der Waals surface area contributed by atoms with Crippen LogP contribution in [-0.4, -0.2) is 17.5 Å². The van der Waals surface area contributed by atoms with Crippen LogP contribution in [0.4, 0.5) is 0 Å². The maximum Gasteiger partial charge on any atom is 0.331 e. The van der Waals surface area contributed by atoms with Gasteiger partial charge >= 0.3 is 5.97 Å². The normalized spacial score (nSPS) is 11.7. The van der Waals surface area contributed by atoms with Crippen molar-refractivity contribution in [2.75, 3.05) is 5.88 Å². The number of benzene rings is 1. The van der Waals surface area contributed by atoms with E-state index >= 15 is 0 Å². The van der Waals surface area contributed by atoms with Gasteiger partial charge in [-0.1, -0.05) is 30.3 Å². The summed E-state index contributed by atoms with van der Waals surface area (Å²) >= 11 is 5.65. The van der Waals surface area contributed by atoms with E-state index in [1.165, 1.54) is 6.08 Å². The van der Waals surface area contributed by atoms with Crippen LogP contribution < -0.4 is 0 Å². The maximum absolute atomic E-state index is 11.4. The molecule has 0 saturated heterocycles. The molecule has 0 unspecified atom stereocenters. The monoisotopic (exact) mass is 238 g/mol. The molecule has 0 aliphatic rings. The SMILES string of the molecule is CC(C)(CCl)OC(=O)/C=C/c1ccccc1. The summed E-state index contributed by atoms with van der Waals surface area (Å²) < 4.78 is 5.15. The van der Waals surface area contributed by atoms with Gasteiger partial charge in [0.2, 0.25) is 0 Å². The van der Waals surface area contributed by atoms with Gasteiger partial charge in [-0.05, 0) is 25.5 Å². The second kappa shape index (κ2) is 5.71. The van der Waals surface area contributed by atoms with Crippen molar-refractivity contribution in [1.29, 1.82) is 0 Å². The Bertz CT molecular complexity index is 369. The highest BCUT2D eigenvalue weighted by molar-refractivity contribution is 6.18. The van der Waals surface area contributed by atoms with Crippen LogP contribution in [-0.2, 0) is 9.53 Å². The molecule has 0 saturated carbocycles. The van der Waals surface area contributed by atoms with Crippen molar-refractivity contribution in [3.8, 4) is 0 Å². The number of alkyl halides is 1. The molecule has 0 amide bonds. The fourth-order valence-corrected chi connectivity index (χ4v) is 1.12. The zero-order chi connectivity index (χ0) is 12.0. The number of ether oxygens (including phenoxy) is 1. The molecule has 0 radical (unpaired) electrons. The standard InChI is InChI=1S/C13H15ClO2/c1-13(2,10-14)16-12(15)9-8-11-6-4-3-5-7-11/h3-9H,10H2,1-2H3/b9-8+. The Kier molecular flexibility index (Phi) is 4.56. The Labute approximate surface area is 101 Å². The highest BCUT2D eigenvalue weighted by atomic mass is 35.5. The first-order valence-electron chi connectivity index (χ1n) is 5.05. The van der Waals surface area contributed by atoms with E-state index in [-0.39, 0.29) is 11.8 Å². The topological polar surface area (TPSA) is 26.3 Å². The molecule has 16 heavy (non-hydrogen) atoms. The van der Waals surface area contributed by atoms with Gasteiger partial charge in [0, 0.05) is 6.08 Å². The van der Waals surface area contributed by atoms with Gasteiger partial charge in [0.1, 0.15) is 5.60 Å². The minimum absolute atomic E-state index is 0.276. The van der Waals surface area contributed by atoms with Crippen LogP contribution in [0.3, 0.4) is 0 Å². The van der Waals surface area contributed by atoms with Crippen molar-refractivity contribution >= 4 is 23.6 Å². The first-order chi connectivity index (χ1) is 7.53. The lowest BCUT2D eigenvalue weighted by Crippen LogP contribution is -2.28. The molecule has 1 aromatic carbocycles. The first-order valence-corrected chi connectivity index (χ1v) is 5.59. The highest BCUT2D eigenvalue weighted by Gasteiger charge is 2.19. The molecule has 0 spiro atoms. The summed E-state index contributed by atoms with van der Waals surface area (Å²) in [6.07, 6.45) is 3.12. The van der Waals surface area contributed by atoms with Crippen molar-refractivity contribution in [3.63, 3.8) is 0 Å². The number of carbonyl (C=O) groups excluding carboxylic acids is 1. The molecule has 3 heteroatoms. The molecule has 0 aliphatic carbocycles. The zero-order valence-electron chi connectivity index (χ0n) is 9.44. The van der Waals surface area contributed by atoms with E-state index in [2.05, 4.69) is 0 Å². The number of rotatable bonds is 4. The van der Waals surface area contributed by atoms with E-state index in [1.807, 2.05) is 30.3 Å². The molecule has 86 valence electrons. The third-order valence-corrected chi connectivity index (χ3v) is 2.55. The minimum atomic E-state index is -0.625. The fourth-order valence-electron chi connectivity index (χ4n) is 1.06. The van der Waals surface area contributed by atoms with E-state index < -0.39 is 5.60 Å². The van der Waals surface area contributed by atoms with Crippen LogP contribution in [0.15, 0.2) is 36.4 Å². The quantitative estimate of drug-likeness (QED) is 0.457. The predicted molar refractivity (Wildman–Crippen MR) is 66.4 cm³/mol. The molecule has 0 N–H and O–H groups in total. The van der Waals surface area contributed by atoms with Crippen molar-refractivity contribution in [1.82, 2.24) is 0 Å². The number of halogens is 1. The molecule has 0 heterocycles. The van der Waals surface area contributed by atoms with Crippen LogP contribution in [0, 0.1) is 0 Å². The number of carbonyl (C=O) groups is 1. The molecule has 0 atom stereocenters. The summed E-state index contributed by atoms with van der Waals surface area (Å²) in [4.78, 5) is 11.4. The van der Waals surface area contributed by atoms with E-state index in [0.717, 1.165) is 5.56 Å². The largest absolute Gasteiger partial charge is 0.455 e. The van der Waals surface area contributed by atoms with E-state index in [9.17, 15) is 4.79 Å². The first kappa shape index (κ1) is 12.8. The van der Waals surface area contributed by atoms with Gasteiger partial charge in [0.25, 0.3) is 0 Å². The lowest BCUT2D eigenvalue weighted by molar-refractivity contribution is -0.148. The average molecular weight is 239 g/mol. The third-order valence-electron chi connectivity index (χ3n) is 1.91. The van der Waals surface area contributed by atoms with Crippen molar-refractivity contribution in [3.05, 3.63) is 42.0 Å². The molecule has 0 bridgehead atoms. The summed E-state index contributed by atoms with van der Waals surface area (Å²) in [7, 11) is 0. The molecular weight excluding hydrogens is 224 g/mol. The van der Waals surface area contributed by atoms with Gasteiger partial charge in [0.15, 0.2) is 0 Å². The van der Waals surface area contributed by atoms with E-state index in [1.54, 1.807) is 19.9 Å². The summed E-state index contributed by atoms with van der Waals surface area (Å²) in [6, 6.07) is 9.57. The maximum atomic E-state index is 11.4.